The summed E-state index contributed by atoms with van der Waals surface area (Å²) in [5.41, 5.74) is 17.7. The van der Waals surface area contributed by atoms with Crippen LogP contribution in [0.5, 0.6) is 5.75 Å². The van der Waals surface area contributed by atoms with E-state index >= 15 is 0 Å². The summed E-state index contributed by atoms with van der Waals surface area (Å²) in [6.07, 6.45) is 1.17. The molecule has 10 atom stereocenters. The molecule has 1 aromatic carbocycles. The normalized spacial score (nSPS) is 16.6. The van der Waals surface area contributed by atoms with Gasteiger partial charge in [-0.2, -0.15) is 0 Å². The number of carbonyl (C=O) groups is 10. The number of hydrogen-bond acceptors (Lipinski definition) is 15. The number of hydrogen-bond donors (Lipinski definition) is 15. The predicted molar refractivity (Wildman–Crippen MR) is 295 cm³/mol. The lowest BCUT2D eigenvalue weighted by molar-refractivity contribution is -0.143. The molecular weight excluding hydrogens is 1040 g/mol. The number of carbonyl (C=O) groups excluding carboxylic acids is 9. The lowest BCUT2D eigenvalue weighted by atomic mass is 10.0. The number of amides is 9. The Hall–Kier alpha value is -7.13. The van der Waals surface area contributed by atoms with E-state index in [0.717, 1.165) is 0 Å². The predicted octanol–water partition coefficient (Wildman–Crippen LogP) is -2.54. The van der Waals surface area contributed by atoms with Gasteiger partial charge in [-0.25, -0.2) is 4.79 Å². The van der Waals surface area contributed by atoms with Crippen LogP contribution in [0.15, 0.2) is 29.3 Å². The number of benzene rings is 1. The lowest BCUT2D eigenvalue weighted by Gasteiger charge is -2.31. The Morgan fingerprint density at radius 1 is 0.575 bits per heavy atom. The number of carboxylic acids is 1. The van der Waals surface area contributed by atoms with Gasteiger partial charge in [-0.1, -0.05) is 67.5 Å². The van der Waals surface area contributed by atoms with Crippen LogP contribution in [-0.2, 0) is 54.4 Å². The first-order chi connectivity index (χ1) is 37.5. The maximum atomic E-state index is 14.3. The molecule has 1 fully saturated rings. The number of phenolic OH excluding ortho intramolecular Hbond substituents is 1. The van der Waals surface area contributed by atoms with Crippen molar-refractivity contribution >= 4 is 65.1 Å². The minimum Gasteiger partial charge on any atom is -0.508 e. The lowest BCUT2D eigenvalue weighted by Crippen LogP contribution is -2.61. The van der Waals surface area contributed by atoms with E-state index in [-0.39, 0.29) is 93.4 Å². The molecule has 1 aliphatic rings. The number of aliphatic carboxylic acids is 1. The Labute approximate surface area is 467 Å². The summed E-state index contributed by atoms with van der Waals surface area (Å²) in [6, 6.07) is -7.01. The number of guanidine groups is 1. The van der Waals surface area contributed by atoms with Crippen LogP contribution in [0.1, 0.15) is 119 Å². The van der Waals surface area contributed by atoms with Gasteiger partial charge in [-0.05, 0) is 99.7 Å². The van der Waals surface area contributed by atoms with Crippen molar-refractivity contribution in [2.45, 2.75) is 181 Å². The molecule has 18 N–H and O–H groups in total. The minimum atomic E-state index is -1.68. The molecule has 0 aromatic heterocycles. The molecule has 1 heterocycles. The molecule has 2 rings (SSSR count). The zero-order valence-corrected chi connectivity index (χ0v) is 47.6. The van der Waals surface area contributed by atoms with E-state index in [2.05, 4.69) is 47.5 Å². The van der Waals surface area contributed by atoms with Crippen LogP contribution in [0.4, 0.5) is 0 Å². The highest BCUT2D eigenvalue weighted by molar-refractivity contribution is 5.98. The van der Waals surface area contributed by atoms with Crippen molar-refractivity contribution in [3.8, 4) is 5.75 Å². The molecule has 0 unspecified atom stereocenters. The molecule has 27 heteroatoms. The van der Waals surface area contributed by atoms with Gasteiger partial charge in [0.1, 0.15) is 60.1 Å². The summed E-state index contributed by atoms with van der Waals surface area (Å²) in [5, 5.41) is 59.9. The molecule has 1 aliphatic heterocycles. The number of phenols is 1. The summed E-state index contributed by atoms with van der Waals surface area (Å²) < 4.78 is 0. The number of likely N-dealkylation sites (tertiary alicyclic amines) is 1. The van der Waals surface area contributed by atoms with Crippen molar-refractivity contribution in [2.24, 2.45) is 45.9 Å². The summed E-state index contributed by atoms with van der Waals surface area (Å²) in [4.78, 5) is 141. The number of aliphatic imine (C=N–C) groups is 1. The zero-order chi connectivity index (χ0) is 60.6. The second kappa shape index (κ2) is 34.1. The number of rotatable bonds is 34. The van der Waals surface area contributed by atoms with E-state index in [1.807, 2.05) is 13.8 Å². The molecule has 80 heavy (non-hydrogen) atoms. The Morgan fingerprint density at radius 3 is 1.52 bits per heavy atom. The summed E-state index contributed by atoms with van der Waals surface area (Å²) >= 11 is 0. The Bertz CT molecular complexity index is 2280. The first-order valence-corrected chi connectivity index (χ1v) is 27.2. The Morgan fingerprint density at radius 2 is 1.01 bits per heavy atom. The van der Waals surface area contributed by atoms with Crippen molar-refractivity contribution in [1.29, 1.82) is 0 Å². The summed E-state index contributed by atoms with van der Waals surface area (Å²) in [7, 11) is 0. The molecule has 27 nitrogen and oxygen atoms in total. The van der Waals surface area contributed by atoms with E-state index in [9.17, 15) is 68.4 Å². The number of nitrogens with one attached hydrogen (secondary N) is 8. The molecule has 0 bridgehead atoms. The largest absolute Gasteiger partial charge is 0.508 e. The van der Waals surface area contributed by atoms with Crippen LogP contribution in [0, 0.1) is 23.7 Å². The third-order valence-electron chi connectivity index (χ3n) is 12.9. The maximum Gasteiger partial charge on any atom is 0.326 e. The van der Waals surface area contributed by atoms with Gasteiger partial charge in [0, 0.05) is 19.5 Å². The molecule has 1 aromatic rings. The fourth-order valence-electron chi connectivity index (χ4n) is 8.76. The van der Waals surface area contributed by atoms with Crippen molar-refractivity contribution in [2.75, 3.05) is 26.3 Å². The van der Waals surface area contributed by atoms with Gasteiger partial charge in [0.15, 0.2) is 5.96 Å². The van der Waals surface area contributed by atoms with Gasteiger partial charge in [0.25, 0.3) is 0 Å². The van der Waals surface area contributed by atoms with Crippen molar-refractivity contribution in [1.82, 2.24) is 47.4 Å². The molecule has 9 amide bonds. The van der Waals surface area contributed by atoms with Crippen LogP contribution >= 0.6 is 0 Å². The quantitative estimate of drug-likeness (QED) is 0.0192. The van der Waals surface area contributed by atoms with Crippen LogP contribution in [0.2, 0.25) is 0 Å². The standard InChI is InChI=1S/C53H89N13O14/c1-27(2)20-34(54)44(71)62-38(24-32-14-16-33(69)17-15-32)51(78)66-19-11-13-42(66)50(77)61-36(21-28(3)4)46(73)58-31(9)43(70)64-40(25-67)48(75)60-37(22-29(5)6)47(74)59-35(12-10-18-57-53(55)56)45(72)65-41(26-68)49(76)63-39(52(79)80)23-30(7)8/h14-17,27-31,34-42,67-69H,10-13,18-26,54H2,1-9H3,(H,58,73)(H,59,74)(H,60,75)(H,61,77)(H,62,71)(H,63,76)(H,64,70)(H,65,72)(H,79,80)(H4,55,56,57)/t31-,34-,35-,36-,37-,38-,39-,40-,41-,42-/m0/s1. The number of nitrogens with zero attached hydrogens (tertiary/aromatic N) is 2. The number of aromatic hydroxyl groups is 1. The average molecular weight is 1130 g/mol. The monoisotopic (exact) mass is 1130 g/mol. The molecule has 0 aliphatic carbocycles. The van der Waals surface area contributed by atoms with Crippen molar-refractivity contribution in [3.63, 3.8) is 0 Å². The van der Waals surface area contributed by atoms with E-state index in [0.29, 0.717) is 18.4 Å². The smallest absolute Gasteiger partial charge is 0.326 e. The van der Waals surface area contributed by atoms with Gasteiger partial charge in [-0.3, -0.25) is 48.1 Å². The number of aliphatic hydroxyl groups excluding tert-OH is 2. The van der Waals surface area contributed by atoms with Gasteiger partial charge in [0.2, 0.25) is 53.2 Å². The number of aliphatic hydroxyl groups is 2. The van der Waals surface area contributed by atoms with Crippen LogP contribution in [0.25, 0.3) is 0 Å². The zero-order valence-electron chi connectivity index (χ0n) is 47.6. The maximum absolute atomic E-state index is 14.3. The van der Waals surface area contributed by atoms with Gasteiger partial charge in [-0.15, -0.1) is 0 Å². The SMILES string of the molecule is CC(C)C[C@H](NC(=O)[C@H](CO)NC(=O)[C@H](CCCN=C(N)N)NC(=O)[C@H](CC(C)C)NC(=O)[C@H](CO)NC(=O)[C@H](C)NC(=O)[C@H](CC(C)C)NC(=O)[C@@H]1CCCN1C(=O)[C@H](Cc1ccc(O)cc1)NC(=O)[C@@H](N)CC(C)C)C(=O)O. The van der Waals surface area contributed by atoms with E-state index in [1.165, 1.54) is 24.0 Å². The van der Waals surface area contributed by atoms with Crippen molar-refractivity contribution < 1.29 is 68.4 Å². The molecule has 450 valence electrons. The topological polar surface area (TPSA) is 442 Å². The van der Waals surface area contributed by atoms with E-state index in [1.54, 1.807) is 53.7 Å². The molecule has 1 saturated heterocycles. The highest BCUT2D eigenvalue weighted by Crippen LogP contribution is 2.22. The number of carboxylic acid groups (broad SMARTS) is 1. The second-order valence-electron chi connectivity index (χ2n) is 22.0. The Balaban J connectivity index is 2.26. The first kappa shape index (κ1) is 69.0. The third-order valence-corrected chi connectivity index (χ3v) is 12.9. The van der Waals surface area contributed by atoms with E-state index < -0.39 is 133 Å². The average Bonchev–Trinajstić information content (AvgIpc) is 3.87. The first-order valence-electron chi connectivity index (χ1n) is 27.2. The fraction of sp³-hybridized carbons (Fsp3) is 0.679. The van der Waals surface area contributed by atoms with Crippen LogP contribution < -0.4 is 59.7 Å². The third kappa shape index (κ3) is 24.1. The number of nitrogens with two attached hydrogens (primary N) is 3. The molecule has 0 saturated carbocycles. The summed E-state index contributed by atoms with van der Waals surface area (Å²) in [6.45, 7) is 13.9. The van der Waals surface area contributed by atoms with E-state index in [4.69, 9.17) is 17.2 Å². The van der Waals surface area contributed by atoms with Gasteiger partial charge < -0.3 is 85.1 Å². The minimum absolute atomic E-state index is 0.00413. The van der Waals surface area contributed by atoms with Gasteiger partial charge >= 0.3 is 5.97 Å². The van der Waals surface area contributed by atoms with Crippen molar-refractivity contribution in [3.05, 3.63) is 29.8 Å². The molecule has 0 radical (unpaired) electrons. The second-order valence-corrected chi connectivity index (χ2v) is 22.0. The highest BCUT2D eigenvalue weighted by Gasteiger charge is 2.40. The summed E-state index contributed by atoms with van der Waals surface area (Å²) in [5.74, 6) is -9.38. The van der Waals surface area contributed by atoms with Crippen LogP contribution in [0.3, 0.4) is 0 Å². The van der Waals surface area contributed by atoms with Crippen LogP contribution in [-0.4, -0.2) is 177 Å². The fourth-order valence-corrected chi connectivity index (χ4v) is 8.76. The molecule has 0 spiro atoms. The Kier molecular flexibility index (Phi) is 29.4. The van der Waals surface area contributed by atoms with Gasteiger partial charge in [0.05, 0.1) is 19.3 Å². The molecular formula is C53H89N13O14. The highest BCUT2D eigenvalue weighted by atomic mass is 16.4.